The molecule has 1 fully saturated rings. The molecule has 0 spiro atoms. The Hall–Kier alpha value is -1.55. The van der Waals surface area contributed by atoms with E-state index < -0.39 is 5.97 Å². The number of hydrogen-bond donors (Lipinski definition) is 1. The Labute approximate surface area is 114 Å². The van der Waals surface area contributed by atoms with Crippen LogP contribution >= 0.6 is 0 Å². The summed E-state index contributed by atoms with van der Waals surface area (Å²) in [6.45, 7) is 6.29. The van der Waals surface area contributed by atoms with Gasteiger partial charge in [-0.2, -0.15) is 0 Å². The van der Waals surface area contributed by atoms with E-state index in [0.717, 1.165) is 12.2 Å². The molecule has 1 aliphatic heterocycles. The second-order valence-corrected chi connectivity index (χ2v) is 5.60. The number of hydrogen-bond acceptors (Lipinski definition) is 3. The van der Waals surface area contributed by atoms with Crippen molar-refractivity contribution in [2.45, 2.75) is 19.9 Å². The third kappa shape index (κ3) is 3.26. The number of carboxylic acids is 1. The number of likely N-dealkylation sites (N-methyl/N-ethyl adjacent to an activating group) is 1. The number of nitrogens with zero attached hydrogens (tertiary/aromatic N) is 2. The second-order valence-electron chi connectivity index (χ2n) is 5.60. The van der Waals surface area contributed by atoms with Crippen LogP contribution in [0.25, 0.3) is 0 Å². The van der Waals surface area contributed by atoms with Gasteiger partial charge in [0.05, 0.1) is 5.92 Å². The molecule has 104 valence electrons. The zero-order valence-electron chi connectivity index (χ0n) is 11.8. The normalized spacial score (nSPS) is 25.1. The van der Waals surface area contributed by atoms with Gasteiger partial charge in [-0.3, -0.25) is 4.79 Å². The molecule has 0 amide bonds. The second kappa shape index (κ2) is 5.61. The van der Waals surface area contributed by atoms with Gasteiger partial charge < -0.3 is 14.9 Å². The van der Waals surface area contributed by atoms with Gasteiger partial charge in [0.1, 0.15) is 0 Å². The quantitative estimate of drug-likeness (QED) is 0.883. The van der Waals surface area contributed by atoms with Crippen molar-refractivity contribution in [3.63, 3.8) is 0 Å². The van der Waals surface area contributed by atoms with Gasteiger partial charge in [0.2, 0.25) is 0 Å². The largest absolute Gasteiger partial charge is 0.481 e. The molecule has 1 saturated heterocycles. The van der Waals surface area contributed by atoms with Crippen LogP contribution in [0.5, 0.6) is 0 Å². The number of anilines is 1. The van der Waals surface area contributed by atoms with Crippen LogP contribution in [0.1, 0.15) is 12.5 Å². The number of carboxylic acid groups (broad SMARTS) is 1. The van der Waals surface area contributed by atoms with Gasteiger partial charge in [-0.15, -0.1) is 0 Å². The molecule has 19 heavy (non-hydrogen) atoms. The first-order chi connectivity index (χ1) is 8.97. The zero-order valence-corrected chi connectivity index (χ0v) is 11.8. The molecule has 1 aliphatic rings. The lowest BCUT2D eigenvalue weighted by molar-refractivity contribution is -0.141. The molecule has 2 rings (SSSR count). The van der Waals surface area contributed by atoms with E-state index in [0.29, 0.717) is 19.1 Å². The summed E-state index contributed by atoms with van der Waals surface area (Å²) in [7, 11) is 1.99. The number of benzene rings is 1. The Kier molecular flexibility index (Phi) is 4.10. The van der Waals surface area contributed by atoms with Gasteiger partial charge in [0, 0.05) is 31.4 Å². The van der Waals surface area contributed by atoms with Crippen LogP contribution in [0.2, 0.25) is 0 Å². The van der Waals surface area contributed by atoms with Crippen molar-refractivity contribution in [2.75, 3.05) is 31.6 Å². The molecule has 0 radical (unpaired) electrons. The molecule has 1 N–H and O–H groups in total. The van der Waals surface area contributed by atoms with E-state index in [2.05, 4.69) is 41.8 Å². The zero-order chi connectivity index (χ0) is 14.0. The van der Waals surface area contributed by atoms with E-state index in [4.69, 9.17) is 0 Å². The first-order valence-corrected chi connectivity index (χ1v) is 6.72. The summed E-state index contributed by atoms with van der Waals surface area (Å²) < 4.78 is 0. The van der Waals surface area contributed by atoms with Crippen molar-refractivity contribution in [2.24, 2.45) is 5.92 Å². The van der Waals surface area contributed by atoms with Crippen molar-refractivity contribution in [3.05, 3.63) is 29.8 Å². The highest BCUT2D eigenvalue weighted by Gasteiger charge is 2.29. The lowest BCUT2D eigenvalue weighted by Crippen LogP contribution is -2.39. The maximum absolute atomic E-state index is 11.3. The molecule has 0 saturated carbocycles. The van der Waals surface area contributed by atoms with Gasteiger partial charge in [-0.25, -0.2) is 0 Å². The van der Waals surface area contributed by atoms with Crippen LogP contribution in [0.15, 0.2) is 24.3 Å². The van der Waals surface area contributed by atoms with Crippen molar-refractivity contribution in [1.82, 2.24) is 4.90 Å². The smallest absolute Gasteiger partial charge is 0.309 e. The predicted octanol–water partition coefficient (Wildman–Crippen LogP) is 1.84. The summed E-state index contributed by atoms with van der Waals surface area (Å²) in [6.07, 6.45) is 0. The Bertz CT molecular complexity index is 461. The topological polar surface area (TPSA) is 43.8 Å². The van der Waals surface area contributed by atoms with Crippen LogP contribution in [-0.4, -0.2) is 48.7 Å². The molecule has 1 heterocycles. The van der Waals surface area contributed by atoms with Crippen molar-refractivity contribution in [1.29, 1.82) is 0 Å². The number of rotatable bonds is 2. The van der Waals surface area contributed by atoms with Crippen molar-refractivity contribution < 1.29 is 9.90 Å². The SMILES string of the molecule is Cc1cccc(N2CC(C(=O)O)CN(C)CC2C)c1. The molecular formula is C15H22N2O2. The van der Waals surface area contributed by atoms with Crippen LogP contribution < -0.4 is 4.90 Å². The molecular weight excluding hydrogens is 240 g/mol. The van der Waals surface area contributed by atoms with Gasteiger partial charge in [0.15, 0.2) is 0 Å². The summed E-state index contributed by atoms with van der Waals surface area (Å²) in [5, 5.41) is 9.33. The van der Waals surface area contributed by atoms with Crippen LogP contribution in [0.4, 0.5) is 5.69 Å². The highest BCUT2D eigenvalue weighted by Crippen LogP contribution is 2.23. The minimum absolute atomic E-state index is 0.316. The minimum Gasteiger partial charge on any atom is -0.481 e. The lowest BCUT2D eigenvalue weighted by atomic mass is 10.1. The fourth-order valence-electron chi connectivity index (χ4n) is 2.80. The van der Waals surface area contributed by atoms with E-state index in [1.807, 2.05) is 13.1 Å². The Morgan fingerprint density at radius 3 is 2.68 bits per heavy atom. The summed E-state index contributed by atoms with van der Waals surface area (Å²) in [6, 6.07) is 8.60. The molecule has 1 aromatic rings. The molecule has 4 nitrogen and oxygen atoms in total. The summed E-state index contributed by atoms with van der Waals surface area (Å²) in [5.41, 5.74) is 2.32. The molecule has 0 aromatic heterocycles. The Morgan fingerprint density at radius 2 is 2.05 bits per heavy atom. The molecule has 2 unspecified atom stereocenters. The van der Waals surface area contributed by atoms with Crippen LogP contribution in [0.3, 0.4) is 0 Å². The van der Waals surface area contributed by atoms with Gasteiger partial charge in [-0.05, 0) is 38.6 Å². The first kappa shape index (κ1) is 13.9. The third-order valence-corrected chi connectivity index (χ3v) is 3.74. The Morgan fingerprint density at radius 1 is 1.32 bits per heavy atom. The minimum atomic E-state index is -0.710. The van der Waals surface area contributed by atoms with Crippen molar-refractivity contribution in [3.8, 4) is 0 Å². The van der Waals surface area contributed by atoms with E-state index in [-0.39, 0.29) is 5.92 Å². The molecule has 4 heteroatoms. The molecule has 2 atom stereocenters. The highest BCUT2D eigenvalue weighted by atomic mass is 16.4. The monoisotopic (exact) mass is 262 g/mol. The first-order valence-electron chi connectivity index (χ1n) is 6.72. The average molecular weight is 262 g/mol. The van der Waals surface area contributed by atoms with E-state index in [1.165, 1.54) is 5.56 Å². The number of aryl methyl sites for hydroxylation is 1. The summed E-state index contributed by atoms with van der Waals surface area (Å²) in [4.78, 5) is 15.7. The number of aliphatic carboxylic acids is 1. The van der Waals surface area contributed by atoms with Crippen LogP contribution in [0, 0.1) is 12.8 Å². The van der Waals surface area contributed by atoms with E-state index >= 15 is 0 Å². The van der Waals surface area contributed by atoms with Gasteiger partial charge >= 0.3 is 5.97 Å². The highest BCUT2D eigenvalue weighted by molar-refractivity contribution is 5.71. The fraction of sp³-hybridized carbons (Fsp3) is 0.533. The summed E-state index contributed by atoms with van der Waals surface area (Å²) in [5.74, 6) is -1.05. The maximum Gasteiger partial charge on any atom is 0.309 e. The third-order valence-electron chi connectivity index (χ3n) is 3.74. The van der Waals surface area contributed by atoms with Gasteiger partial charge in [-0.1, -0.05) is 12.1 Å². The van der Waals surface area contributed by atoms with E-state index in [1.54, 1.807) is 0 Å². The molecule has 0 bridgehead atoms. The van der Waals surface area contributed by atoms with Crippen LogP contribution in [-0.2, 0) is 4.79 Å². The lowest BCUT2D eigenvalue weighted by Gasteiger charge is -2.31. The fourth-order valence-corrected chi connectivity index (χ4v) is 2.80. The maximum atomic E-state index is 11.3. The predicted molar refractivity (Wildman–Crippen MR) is 76.6 cm³/mol. The van der Waals surface area contributed by atoms with Crippen molar-refractivity contribution >= 4 is 11.7 Å². The number of carbonyl (C=O) groups is 1. The Balaban J connectivity index is 2.28. The van der Waals surface area contributed by atoms with E-state index in [9.17, 15) is 9.90 Å². The van der Waals surface area contributed by atoms with Gasteiger partial charge in [0.25, 0.3) is 0 Å². The molecule has 0 aliphatic carbocycles. The average Bonchev–Trinajstić information content (AvgIpc) is 2.47. The standard InChI is InChI=1S/C15H22N2O2/c1-11-5-4-6-14(7-11)17-10-13(15(18)19)9-16(3)8-12(17)2/h4-7,12-13H,8-10H2,1-3H3,(H,18,19). The molecule has 1 aromatic carbocycles. The summed E-state index contributed by atoms with van der Waals surface area (Å²) >= 11 is 0.